The van der Waals surface area contributed by atoms with Crippen LogP contribution in [0.3, 0.4) is 0 Å². The minimum Gasteiger partial charge on any atom is -0.359 e. The smallest absolute Gasteiger partial charge is 0.323 e. The number of carbonyl (C=O) groups excluding carboxylic acids is 3. The molecule has 1 aliphatic heterocycles. The highest BCUT2D eigenvalue weighted by Gasteiger charge is 2.36. The number of aromatic amines is 1. The van der Waals surface area contributed by atoms with E-state index in [4.69, 9.17) is 0 Å². The van der Waals surface area contributed by atoms with E-state index in [1.807, 2.05) is 0 Å². The number of halogens is 2. The van der Waals surface area contributed by atoms with E-state index >= 15 is 0 Å². The van der Waals surface area contributed by atoms with Crippen LogP contribution in [-0.2, 0) is 4.79 Å². The van der Waals surface area contributed by atoms with Crippen molar-refractivity contribution in [2.24, 2.45) is 5.92 Å². The molecule has 0 aliphatic carbocycles. The lowest BCUT2D eigenvalue weighted by Crippen LogP contribution is -2.54. The van der Waals surface area contributed by atoms with Gasteiger partial charge in [-0.3, -0.25) is 9.59 Å². The van der Waals surface area contributed by atoms with Crippen LogP contribution in [0, 0.1) is 17.6 Å². The van der Waals surface area contributed by atoms with Crippen molar-refractivity contribution in [3.05, 3.63) is 90.1 Å². The number of nitrogens with zero attached hydrogens (tertiary/aromatic N) is 1. The van der Waals surface area contributed by atoms with Gasteiger partial charge in [0, 0.05) is 41.6 Å². The number of benzene rings is 3. The van der Waals surface area contributed by atoms with Crippen LogP contribution < -0.4 is 16.0 Å². The van der Waals surface area contributed by atoms with Gasteiger partial charge in [0.1, 0.15) is 11.6 Å². The summed E-state index contributed by atoms with van der Waals surface area (Å²) in [7, 11) is 0. The summed E-state index contributed by atoms with van der Waals surface area (Å²) in [5.41, 5.74) is 2.13. The van der Waals surface area contributed by atoms with Crippen LogP contribution >= 0.6 is 0 Å². The normalized spacial score (nSPS) is 13.2. The molecule has 0 spiro atoms. The van der Waals surface area contributed by atoms with Crippen LogP contribution in [0.4, 0.5) is 30.6 Å². The number of rotatable bonds is 5. The summed E-state index contributed by atoms with van der Waals surface area (Å²) in [5, 5.41) is 8.68. The number of amides is 4. The average molecular weight is 489 g/mol. The highest BCUT2D eigenvalue weighted by atomic mass is 19.1. The molecule has 4 N–H and O–H groups in total. The number of H-pyrrole nitrogens is 1. The first kappa shape index (κ1) is 23.0. The summed E-state index contributed by atoms with van der Waals surface area (Å²) in [4.78, 5) is 41.6. The third-order valence-electron chi connectivity index (χ3n) is 5.95. The lowest BCUT2D eigenvalue weighted by atomic mass is 9.97. The first-order chi connectivity index (χ1) is 17.4. The lowest BCUT2D eigenvalue weighted by molar-refractivity contribution is -0.123. The quantitative estimate of drug-likeness (QED) is 0.324. The summed E-state index contributed by atoms with van der Waals surface area (Å²) >= 11 is 0. The van der Waals surface area contributed by atoms with Gasteiger partial charge in [-0.1, -0.05) is 12.1 Å². The number of urea groups is 1. The number of hydrogen-bond acceptors (Lipinski definition) is 3. The highest BCUT2D eigenvalue weighted by Crippen LogP contribution is 2.25. The fourth-order valence-corrected chi connectivity index (χ4v) is 3.98. The van der Waals surface area contributed by atoms with Gasteiger partial charge in [-0.25, -0.2) is 13.6 Å². The Bertz CT molecular complexity index is 1460. The SMILES string of the molecule is O=C(Nc1ccc(NC(=O)C2CN(C(=O)c3ccccc3F)C2)cc1)Nc1c[nH]c2ccc(F)cc12. The first-order valence-corrected chi connectivity index (χ1v) is 11.2. The predicted octanol–water partition coefficient (Wildman–Crippen LogP) is 4.80. The second-order valence-corrected chi connectivity index (χ2v) is 8.42. The number of likely N-dealkylation sites (tertiary alicyclic amines) is 1. The molecule has 1 saturated heterocycles. The molecule has 182 valence electrons. The molecule has 4 amide bonds. The number of carbonyl (C=O) groups is 3. The summed E-state index contributed by atoms with van der Waals surface area (Å²) in [6.45, 7) is 0.410. The van der Waals surface area contributed by atoms with Crippen molar-refractivity contribution in [1.29, 1.82) is 0 Å². The lowest BCUT2D eigenvalue weighted by Gasteiger charge is -2.38. The summed E-state index contributed by atoms with van der Waals surface area (Å²) in [6, 6.07) is 16.0. The molecule has 0 atom stereocenters. The van der Waals surface area contributed by atoms with Crippen molar-refractivity contribution in [1.82, 2.24) is 9.88 Å². The largest absolute Gasteiger partial charge is 0.359 e. The van der Waals surface area contributed by atoms with Crippen molar-refractivity contribution < 1.29 is 23.2 Å². The van der Waals surface area contributed by atoms with Gasteiger partial charge in [-0.2, -0.15) is 0 Å². The van der Waals surface area contributed by atoms with Crippen LogP contribution in [-0.4, -0.2) is 40.8 Å². The molecule has 8 nitrogen and oxygen atoms in total. The summed E-state index contributed by atoms with van der Waals surface area (Å²) < 4.78 is 27.3. The Hall–Kier alpha value is -4.73. The molecule has 0 saturated carbocycles. The van der Waals surface area contributed by atoms with Gasteiger partial charge in [0.2, 0.25) is 5.91 Å². The molecular formula is C26H21F2N5O3. The van der Waals surface area contributed by atoms with Gasteiger partial charge in [-0.05, 0) is 54.6 Å². The molecule has 36 heavy (non-hydrogen) atoms. The van der Waals surface area contributed by atoms with Gasteiger partial charge in [0.15, 0.2) is 0 Å². The number of hydrogen-bond donors (Lipinski definition) is 4. The predicted molar refractivity (Wildman–Crippen MR) is 132 cm³/mol. The van der Waals surface area contributed by atoms with Crippen LogP contribution in [0.15, 0.2) is 72.9 Å². The van der Waals surface area contributed by atoms with Crippen LogP contribution in [0.1, 0.15) is 10.4 Å². The molecule has 0 bridgehead atoms. The first-order valence-electron chi connectivity index (χ1n) is 11.2. The molecule has 5 rings (SSSR count). The Morgan fingerprint density at radius 3 is 2.28 bits per heavy atom. The number of nitrogens with one attached hydrogen (secondary N) is 4. The van der Waals surface area contributed by atoms with Gasteiger partial charge in [0.05, 0.1) is 17.2 Å². The van der Waals surface area contributed by atoms with E-state index in [2.05, 4.69) is 20.9 Å². The molecule has 1 fully saturated rings. The zero-order valence-corrected chi connectivity index (χ0v) is 18.8. The monoisotopic (exact) mass is 489 g/mol. The highest BCUT2D eigenvalue weighted by molar-refractivity contribution is 6.06. The van der Waals surface area contributed by atoms with Gasteiger partial charge < -0.3 is 25.8 Å². The fraction of sp³-hybridized carbons (Fsp3) is 0.115. The molecule has 10 heteroatoms. The number of aromatic nitrogens is 1. The minimum atomic E-state index is -0.590. The molecular weight excluding hydrogens is 468 g/mol. The maximum absolute atomic E-state index is 13.8. The van der Waals surface area contributed by atoms with Crippen LogP contribution in [0.25, 0.3) is 10.9 Å². The van der Waals surface area contributed by atoms with Gasteiger partial charge >= 0.3 is 6.03 Å². The molecule has 4 aromatic rings. The van der Waals surface area contributed by atoms with Crippen LogP contribution in [0.2, 0.25) is 0 Å². The van der Waals surface area contributed by atoms with Gasteiger partial charge in [-0.15, -0.1) is 0 Å². The summed E-state index contributed by atoms with van der Waals surface area (Å²) in [5.74, 6) is -2.09. The zero-order chi connectivity index (χ0) is 25.2. The standard InChI is InChI=1S/C26H21F2N5O3/c27-16-5-10-22-20(11-16)23(12-29-22)32-26(36)31-18-8-6-17(7-9-18)30-24(34)15-13-33(14-15)25(35)19-3-1-2-4-21(19)28/h1-12,15,29H,13-14H2,(H,30,34)(H2,31,32,36). The Morgan fingerprint density at radius 2 is 1.56 bits per heavy atom. The van der Waals surface area contributed by atoms with E-state index in [-0.39, 0.29) is 24.6 Å². The Morgan fingerprint density at radius 1 is 0.861 bits per heavy atom. The molecule has 0 radical (unpaired) electrons. The molecule has 1 aliphatic rings. The van der Waals surface area contributed by atoms with E-state index in [1.165, 1.54) is 35.2 Å². The third-order valence-corrected chi connectivity index (χ3v) is 5.95. The molecule has 3 aromatic carbocycles. The Balaban J connectivity index is 1.12. The average Bonchev–Trinajstić information content (AvgIpc) is 3.21. The molecule has 0 unspecified atom stereocenters. The molecule has 1 aromatic heterocycles. The van der Waals surface area contributed by atoms with Crippen molar-refractivity contribution in [3.63, 3.8) is 0 Å². The number of fused-ring (bicyclic) bond motifs is 1. The topological polar surface area (TPSA) is 106 Å². The Kier molecular flexibility index (Phi) is 6.07. The van der Waals surface area contributed by atoms with Crippen molar-refractivity contribution >= 4 is 45.8 Å². The fourth-order valence-electron chi connectivity index (χ4n) is 3.98. The number of anilines is 3. The van der Waals surface area contributed by atoms with Crippen molar-refractivity contribution in [3.8, 4) is 0 Å². The van der Waals surface area contributed by atoms with E-state index < -0.39 is 29.5 Å². The van der Waals surface area contributed by atoms with Crippen molar-refractivity contribution in [2.45, 2.75) is 0 Å². The Labute approximate surface area is 204 Å². The minimum absolute atomic E-state index is 0.0136. The maximum Gasteiger partial charge on any atom is 0.323 e. The second-order valence-electron chi connectivity index (χ2n) is 8.42. The van der Waals surface area contributed by atoms with E-state index in [0.29, 0.717) is 28.0 Å². The van der Waals surface area contributed by atoms with Crippen molar-refractivity contribution in [2.75, 3.05) is 29.0 Å². The third kappa shape index (κ3) is 4.74. The van der Waals surface area contributed by atoms with E-state index in [0.717, 1.165) is 0 Å². The summed E-state index contributed by atoms with van der Waals surface area (Å²) in [6.07, 6.45) is 1.58. The van der Waals surface area contributed by atoms with Crippen LogP contribution in [0.5, 0.6) is 0 Å². The van der Waals surface area contributed by atoms with Gasteiger partial charge in [0.25, 0.3) is 5.91 Å². The molecule has 2 heterocycles. The second kappa shape index (κ2) is 9.49. The van der Waals surface area contributed by atoms with E-state index in [1.54, 1.807) is 42.6 Å². The zero-order valence-electron chi connectivity index (χ0n) is 18.8. The van der Waals surface area contributed by atoms with E-state index in [9.17, 15) is 23.2 Å². The maximum atomic E-state index is 13.8.